The zero-order valence-corrected chi connectivity index (χ0v) is 20.5. The van der Waals surface area contributed by atoms with Crippen molar-refractivity contribution in [3.8, 4) is 0 Å². The van der Waals surface area contributed by atoms with Crippen molar-refractivity contribution in [3.05, 3.63) is 58.4 Å². The lowest BCUT2D eigenvalue weighted by Gasteiger charge is -2.37. The average molecular weight is 529 g/mol. The predicted molar refractivity (Wildman–Crippen MR) is 131 cm³/mol. The summed E-state index contributed by atoms with van der Waals surface area (Å²) in [6.07, 6.45) is -4.72. The summed E-state index contributed by atoms with van der Waals surface area (Å²) in [5.41, 5.74) is 1.70. The molecule has 6 nitrogen and oxygen atoms in total. The Hall–Kier alpha value is -2.40. The van der Waals surface area contributed by atoms with Gasteiger partial charge < -0.3 is 15.3 Å². The number of rotatable bonds is 7. The van der Waals surface area contributed by atoms with Crippen LogP contribution in [0, 0.1) is 5.82 Å². The Bertz CT molecular complexity index is 1080. The molecule has 2 N–H and O–H groups in total. The maximum Gasteiger partial charge on any atom is 0.390 e. The van der Waals surface area contributed by atoms with Crippen LogP contribution in [0.25, 0.3) is 0 Å². The van der Waals surface area contributed by atoms with Crippen LogP contribution in [-0.2, 0) is 6.54 Å². The van der Waals surface area contributed by atoms with E-state index in [1.54, 1.807) is 29.2 Å². The number of likely N-dealkylation sites (tertiary alicyclic amines) is 1. The van der Waals surface area contributed by atoms with Crippen LogP contribution in [0.5, 0.6) is 0 Å². The van der Waals surface area contributed by atoms with Gasteiger partial charge in [0.1, 0.15) is 5.82 Å². The number of hydrogen-bond donors (Lipinski definition) is 2. The molecule has 196 valence electrons. The van der Waals surface area contributed by atoms with E-state index in [4.69, 9.17) is 11.6 Å². The molecular formula is C25H29ClF4N4O2. The number of β-amino-alcohol motifs (C(OH)–C–C–N with tert-alkyl or cyclic N) is 1. The first kappa shape index (κ1) is 26.7. The number of amides is 1. The van der Waals surface area contributed by atoms with Gasteiger partial charge in [-0.1, -0.05) is 17.7 Å². The number of aliphatic hydroxyl groups is 1. The minimum atomic E-state index is -4.19. The van der Waals surface area contributed by atoms with Gasteiger partial charge in [0.2, 0.25) is 0 Å². The number of alkyl halides is 3. The van der Waals surface area contributed by atoms with Crippen molar-refractivity contribution in [3.63, 3.8) is 0 Å². The van der Waals surface area contributed by atoms with E-state index in [2.05, 4.69) is 5.32 Å². The molecule has 0 unspecified atom stereocenters. The number of piperazine rings is 1. The van der Waals surface area contributed by atoms with Gasteiger partial charge in [-0.25, -0.2) is 4.39 Å². The van der Waals surface area contributed by atoms with Crippen molar-refractivity contribution < 1.29 is 27.5 Å². The standard InChI is InChI=1S/C25H29ClF4N4O2/c26-18-2-4-22(23(14-18)34-11-9-32(10-12-34)8-6-25(28,29)30)31-24(36)20-3-1-17(13-21(20)27)15-33-7-5-19(35)16-33/h1-4,13-14,19,35H,5-12,15-16H2,(H,31,36)/t19-/m0/s1. The number of nitrogens with one attached hydrogen (secondary N) is 1. The fraction of sp³-hybridized carbons (Fsp3) is 0.480. The molecule has 0 aromatic heterocycles. The molecule has 0 bridgehead atoms. The third kappa shape index (κ3) is 7.09. The fourth-order valence-corrected chi connectivity index (χ4v) is 4.78. The van der Waals surface area contributed by atoms with Gasteiger partial charge in [0.15, 0.2) is 0 Å². The number of carbonyl (C=O) groups is 1. The van der Waals surface area contributed by atoms with E-state index in [0.29, 0.717) is 67.7 Å². The molecule has 2 heterocycles. The van der Waals surface area contributed by atoms with Gasteiger partial charge in [0, 0.05) is 57.4 Å². The zero-order chi connectivity index (χ0) is 25.9. The molecule has 2 aromatic rings. The molecular weight excluding hydrogens is 500 g/mol. The van der Waals surface area contributed by atoms with Gasteiger partial charge in [0.05, 0.1) is 29.5 Å². The molecule has 2 aliphatic heterocycles. The highest BCUT2D eigenvalue weighted by Gasteiger charge is 2.29. The Morgan fingerprint density at radius 3 is 2.44 bits per heavy atom. The highest BCUT2D eigenvalue weighted by Crippen LogP contribution is 2.31. The molecule has 0 radical (unpaired) electrons. The summed E-state index contributed by atoms with van der Waals surface area (Å²) in [6.45, 7) is 3.54. The largest absolute Gasteiger partial charge is 0.392 e. The summed E-state index contributed by atoms with van der Waals surface area (Å²) in [4.78, 5) is 18.7. The third-order valence-electron chi connectivity index (χ3n) is 6.56. The highest BCUT2D eigenvalue weighted by atomic mass is 35.5. The maximum absolute atomic E-state index is 14.8. The normalized spacial score (nSPS) is 19.6. The first-order valence-corrected chi connectivity index (χ1v) is 12.3. The predicted octanol–water partition coefficient (Wildman–Crippen LogP) is 4.37. The van der Waals surface area contributed by atoms with Crippen LogP contribution in [0.1, 0.15) is 28.8 Å². The topological polar surface area (TPSA) is 59.1 Å². The van der Waals surface area contributed by atoms with Crippen molar-refractivity contribution >= 4 is 28.9 Å². The minimum absolute atomic E-state index is 0.0515. The summed E-state index contributed by atoms with van der Waals surface area (Å²) in [5, 5.41) is 12.9. The number of anilines is 2. The van der Waals surface area contributed by atoms with Gasteiger partial charge in [0.25, 0.3) is 5.91 Å². The molecule has 2 aromatic carbocycles. The van der Waals surface area contributed by atoms with E-state index < -0.39 is 24.3 Å². The number of hydrogen-bond acceptors (Lipinski definition) is 5. The number of aliphatic hydroxyl groups excluding tert-OH is 1. The zero-order valence-electron chi connectivity index (χ0n) is 19.7. The Kier molecular flexibility index (Phi) is 8.39. The van der Waals surface area contributed by atoms with Crippen molar-refractivity contribution in [2.75, 3.05) is 56.0 Å². The van der Waals surface area contributed by atoms with E-state index >= 15 is 0 Å². The number of nitrogens with zero attached hydrogens (tertiary/aromatic N) is 3. The van der Waals surface area contributed by atoms with Crippen molar-refractivity contribution in [2.24, 2.45) is 0 Å². The second-order valence-electron chi connectivity index (χ2n) is 9.30. The molecule has 2 aliphatic rings. The molecule has 4 rings (SSSR count). The minimum Gasteiger partial charge on any atom is -0.392 e. The van der Waals surface area contributed by atoms with Crippen molar-refractivity contribution in [2.45, 2.75) is 31.7 Å². The third-order valence-corrected chi connectivity index (χ3v) is 6.80. The summed E-state index contributed by atoms with van der Waals surface area (Å²) in [7, 11) is 0. The Morgan fingerprint density at radius 1 is 1.06 bits per heavy atom. The molecule has 2 saturated heterocycles. The lowest BCUT2D eigenvalue weighted by Crippen LogP contribution is -2.47. The van der Waals surface area contributed by atoms with Crippen LogP contribution in [0.3, 0.4) is 0 Å². The summed E-state index contributed by atoms with van der Waals surface area (Å²) >= 11 is 6.19. The SMILES string of the molecule is O=C(Nc1ccc(Cl)cc1N1CCN(CCC(F)(F)F)CC1)c1ccc(CN2CC[C@H](O)C2)cc1F. The van der Waals surface area contributed by atoms with E-state index in [-0.39, 0.29) is 18.2 Å². The van der Waals surface area contributed by atoms with E-state index in [0.717, 1.165) is 6.54 Å². The van der Waals surface area contributed by atoms with Crippen LogP contribution in [0.2, 0.25) is 5.02 Å². The van der Waals surface area contributed by atoms with Crippen LogP contribution < -0.4 is 10.2 Å². The summed E-state index contributed by atoms with van der Waals surface area (Å²) in [5.74, 6) is -1.25. The number of halogens is 5. The Balaban J connectivity index is 1.41. The van der Waals surface area contributed by atoms with E-state index in [1.165, 1.54) is 12.1 Å². The molecule has 1 atom stereocenters. The van der Waals surface area contributed by atoms with Crippen LogP contribution >= 0.6 is 11.6 Å². The summed E-state index contributed by atoms with van der Waals surface area (Å²) in [6, 6.07) is 9.42. The molecule has 0 saturated carbocycles. The van der Waals surface area contributed by atoms with Gasteiger partial charge in [-0.15, -0.1) is 0 Å². The molecule has 1 amide bonds. The number of carbonyl (C=O) groups excluding carboxylic acids is 1. The monoisotopic (exact) mass is 528 g/mol. The molecule has 11 heteroatoms. The van der Waals surface area contributed by atoms with Gasteiger partial charge >= 0.3 is 6.18 Å². The van der Waals surface area contributed by atoms with Gasteiger partial charge in [-0.3, -0.25) is 14.6 Å². The van der Waals surface area contributed by atoms with Crippen LogP contribution in [0.4, 0.5) is 28.9 Å². The van der Waals surface area contributed by atoms with Gasteiger partial charge in [-0.05, 0) is 42.3 Å². The Labute approximate surface area is 212 Å². The Morgan fingerprint density at radius 2 is 1.81 bits per heavy atom. The molecule has 0 spiro atoms. The second kappa shape index (κ2) is 11.3. The second-order valence-corrected chi connectivity index (χ2v) is 9.74. The lowest BCUT2D eigenvalue weighted by molar-refractivity contribution is -0.138. The molecule has 36 heavy (non-hydrogen) atoms. The maximum atomic E-state index is 14.8. The van der Waals surface area contributed by atoms with Crippen LogP contribution in [0.15, 0.2) is 36.4 Å². The number of benzene rings is 2. The quantitative estimate of drug-likeness (QED) is 0.523. The van der Waals surface area contributed by atoms with Crippen molar-refractivity contribution in [1.29, 1.82) is 0 Å². The fourth-order valence-electron chi connectivity index (χ4n) is 4.61. The smallest absolute Gasteiger partial charge is 0.390 e. The van der Waals surface area contributed by atoms with Crippen molar-refractivity contribution in [1.82, 2.24) is 9.80 Å². The first-order chi connectivity index (χ1) is 17.1. The first-order valence-electron chi connectivity index (χ1n) is 11.9. The molecule has 0 aliphatic carbocycles. The van der Waals surface area contributed by atoms with E-state index in [1.807, 2.05) is 9.80 Å². The molecule has 2 fully saturated rings. The van der Waals surface area contributed by atoms with E-state index in [9.17, 15) is 27.5 Å². The van der Waals surface area contributed by atoms with Gasteiger partial charge in [-0.2, -0.15) is 13.2 Å². The highest BCUT2D eigenvalue weighted by molar-refractivity contribution is 6.31. The van der Waals surface area contributed by atoms with Crippen LogP contribution in [-0.4, -0.2) is 78.9 Å². The average Bonchev–Trinajstić information content (AvgIpc) is 3.23. The summed E-state index contributed by atoms with van der Waals surface area (Å²) < 4.78 is 52.4. The lowest BCUT2D eigenvalue weighted by atomic mass is 10.1.